The van der Waals surface area contributed by atoms with Crippen LogP contribution in [0, 0.1) is 36.3 Å². The Hall–Kier alpha value is -8.16. The molecule has 0 aliphatic heterocycles. The summed E-state index contributed by atoms with van der Waals surface area (Å²) in [7, 11) is -14.8. The molecule has 2 aliphatic rings. The number of amides is 3. The van der Waals surface area contributed by atoms with Gasteiger partial charge >= 0.3 is 32.1 Å². The minimum absolute atomic E-state index is 0.0841. The number of anilines is 1. The minimum Gasteiger partial charge on any atom is -0.481 e. The number of hydrogen-bond acceptors (Lipinski definition) is 14. The summed E-state index contributed by atoms with van der Waals surface area (Å²) in [6.07, 6.45) is -13.8. The molecule has 506 valence electrons. The first-order valence-electron chi connectivity index (χ1n) is 27.4. The molecular weight excluding hydrogens is 1360 g/mol. The average molecular weight is 1410 g/mol. The predicted molar refractivity (Wildman–Crippen MR) is 312 cm³/mol. The lowest BCUT2D eigenvalue weighted by molar-refractivity contribution is -0.147. The Labute approximate surface area is 532 Å². The number of fused-ring (bicyclic) bond motifs is 4. The largest absolute Gasteiger partial charge is 0.524 e. The third-order valence-corrected chi connectivity index (χ3v) is 19.0. The van der Waals surface area contributed by atoms with E-state index in [9.17, 15) is 73.7 Å². The van der Waals surface area contributed by atoms with Gasteiger partial charge in [-0.2, -0.15) is 49.6 Å². The fraction of sp³-hybridized carbons (Fsp3) is 0.404. The monoisotopic (exact) mass is 1410 g/mol. The van der Waals surface area contributed by atoms with Gasteiger partial charge in [0.05, 0.1) is 46.8 Å². The number of halogens is 11. The van der Waals surface area contributed by atoms with Gasteiger partial charge < -0.3 is 25.4 Å². The summed E-state index contributed by atoms with van der Waals surface area (Å²) in [4.78, 5) is 90.8. The molecule has 1 saturated carbocycles. The van der Waals surface area contributed by atoms with Crippen molar-refractivity contribution in [2.24, 2.45) is 5.92 Å². The highest BCUT2D eigenvalue weighted by molar-refractivity contribution is 7.93. The molecule has 3 heterocycles. The van der Waals surface area contributed by atoms with Gasteiger partial charge in [0.2, 0.25) is 27.7 Å². The second-order valence-electron chi connectivity index (χ2n) is 23.6. The van der Waals surface area contributed by atoms with Gasteiger partial charge in [0.15, 0.2) is 21.3 Å². The number of rotatable bonds is 22. The van der Waals surface area contributed by atoms with E-state index >= 15 is 35.5 Å². The molecule has 6 aromatic rings. The molecule has 94 heavy (non-hydrogen) atoms. The summed E-state index contributed by atoms with van der Waals surface area (Å²) in [6, 6.07) is 4.31. The van der Waals surface area contributed by atoms with Crippen molar-refractivity contribution in [2.45, 2.75) is 126 Å². The molecule has 3 aromatic heterocycles. The van der Waals surface area contributed by atoms with Crippen LogP contribution in [0.4, 0.5) is 49.7 Å². The number of aliphatic carboxylic acids is 2. The van der Waals surface area contributed by atoms with E-state index in [1.807, 2.05) is 5.32 Å². The van der Waals surface area contributed by atoms with Gasteiger partial charge in [0.25, 0.3) is 5.92 Å². The highest BCUT2D eigenvalue weighted by Crippen LogP contribution is 2.68. The quantitative estimate of drug-likeness (QED) is 0.0211. The first-order chi connectivity index (χ1) is 43.0. The van der Waals surface area contributed by atoms with Gasteiger partial charge in [-0.25, -0.2) is 40.0 Å². The first-order valence-corrected chi connectivity index (χ1v) is 33.1. The van der Waals surface area contributed by atoms with Gasteiger partial charge in [-0.3, -0.25) is 38.3 Å². The van der Waals surface area contributed by atoms with Gasteiger partial charge in [0.1, 0.15) is 52.7 Å². The van der Waals surface area contributed by atoms with E-state index in [1.165, 1.54) is 26.8 Å². The van der Waals surface area contributed by atoms with Gasteiger partial charge in [0, 0.05) is 52.3 Å². The summed E-state index contributed by atoms with van der Waals surface area (Å²) in [5.41, 5.74) is -9.48. The Morgan fingerprint density at radius 3 is 2.07 bits per heavy atom. The van der Waals surface area contributed by atoms with Crippen molar-refractivity contribution in [3.05, 3.63) is 122 Å². The number of phosphoric ester groups is 1. The third kappa shape index (κ3) is 15.6. The summed E-state index contributed by atoms with van der Waals surface area (Å²) >= 11 is 6.81. The maximum absolute atomic E-state index is 15.8. The zero-order chi connectivity index (χ0) is 70.3. The lowest BCUT2D eigenvalue weighted by Crippen LogP contribution is -2.43. The average Bonchev–Trinajstić information content (AvgIpc) is 1.52. The molecule has 1 fully saturated rings. The molecule has 1 unspecified atom stereocenters. The number of pyridine rings is 1. The maximum Gasteiger partial charge on any atom is 0.524 e. The summed E-state index contributed by atoms with van der Waals surface area (Å²) < 4.78 is 220. The fourth-order valence-electron chi connectivity index (χ4n) is 11.1. The summed E-state index contributed by atoms with van der Waals surface area (Å²) in [5.74, 6) is -13.7. The van der Waals surface area contributed by atoms with Crippen LogP contribution < -0.4 is 19.5 Å². The van der Waals surface area contributed by atoms with Gasteiger partial charge in [-0.05, 0) is 98.5 Å². The van der Waals surface area contributed by atoms with Gasteiger partial charge in [-0.15, -0.1) is 0 Å². The molecule has 37 heteroatoms. The number of aryl methyl sites for hydroxylation is 1. The molecular formula is C57H54ClF10N8O15PS2. The van der Waals surface area contributed by atoms with Crippen molar-refractivity contribution < 1.29 is 114 Å². The SMILES string of the molecule is Cc1cc(CC(=O)N[C@@H](CC(=O)O)C(=O)O)c(C(C)(C)CC(=O)N(c2nn(CC(F)(F)F)c3c(-c4ccc(C#CC(C)(C)S(C)(=O)=O)nc4[C@H](Cc4cc(F)cc(F)c4)NC(=O)Cn4nc(C(F)(F)F)c5c4C(F)(F)C4C[C@H]54)ccc(Cl)c23)S(C)(=O)=O)c(OP(=O)(O)O)c1. The number of alkyl halides is 8. The van der Waals surface area contributed by atoms with E-state index in [-0.39, 0.29) is 36.8 Å². The zero-order valence-electron chi connectivity index (χ0n) is 49.8. The predicted octanol–water partition coefficient (Wildman–Crippen LogP) is 8.32. The Balaban J connectivity index is 1.34. The number of nitrogens with zero attached hydrogens (tertiary/aromatic N) is 6. The van der Waals surface area contributed by atoms with Crippen LogP contribution in [0.15, 0.2) is 54.6 Å². The second kappa shape index (κ2) is 25.2. The molecule has 0 spiro atoms. The molecule has 0 saturated heterocycles. The number of carbonyl (C=O) groups is 5. The summed E-state index contributed by atoms with van der Waals surface area (Å²) in [6.45, 7) is 2.50. The fourth-order valence-corrected chi connectivity index (χ4v) is 12.9. The Morgan fingerprint density at radius 2 is 1.51 bits per heavy atom. The lowest BCUT2D eigenvalue weighted by Gasteiger charge is -2.31. The normalized spacial score (nSPS) is 16.3. The number of hydrogen-bond donors (Lipinski definition) is 6. The summed E-state index contributed by atoms with van der Waals surface area (Å²) in [5, 5.41) is 29.2. The van der Waals surface area contributed by atoms with Crippen LogP contribution in [0.25, 0.3) is 22.0 Å². The lowest BCUT2D eigenvalue weighted by atomic mass is 9.77. The van der Waals surface area contributed by atoms with Crippen LogP contribution in [0.3, 0.4) is 0 Å². The number of carbonyl (C=O) groups excluding carboxylic acids is 3. The number of sulfone groups is 1. The van der Waals surface area contributed by atoms with Crippen LogP contribution in [0.2, 0.25) is 5.02 Å². The first kappa shape index (κ1) is 71.7. The Bertz CT molecular complexity index is 4490. The van der Waals surface area contributed by atoms with Crippen LogP contribution in [0.1, 0.15) is 110 Å². The smallest absolute Gasteiger partial charge is 0.481 e. The Kier molecular flexibility index (Phi) is 19.2. The number of nitrogens with one attached hydrogen (secondary N) is 2. The molecule has 8 rings (SSSR count). The number of carboxylic acids is 2. The van der Waals surface area contributed by atoms with Crippen molar-refractivity contribution in [3.8, 4) is 28.7 Å². The van der Waals surface area contributed by atoms with E-state index in [0.29, 0.717) is 12.3 Å². The molecule has 6 N–H and O–H groups in total. The molecule has 3 amide bonds. The van der Waals surface area contributed by atoms with E-state index < -0.39 is 233 Å². The molecule has 2 aliphatic carbocycles. The van der Waals surface area contributed by atoms with Crippen molar-refractivity contribution in [2.75, 3.05) is 16.8 Å². The van der Waals surface area contributed by atoms with Crippen molar-refractivity contribution in [3.63, 3.8) is 0 Å². The van der Waals surface area contributed by atoms with Crippen LogP contribution in [0.5, 0.6) is 5.75 Å². The number of benzene rings is 3. The zero-order valence-corrected chi connectivity index (χ0v) is 53.1. The van der Waals surface area contributed by atoms with Crippen molar-refractivity contribution in [1.29, 1.82) is 0 Å². The van der Waals surface area contributed by atoms with E-state index in [4.69, 9.17) is 16.1 Å². The number of aromatic nitrogens is 5. The topological polar surface area (TPSA) is 337 Å². The molecule has 3 aromatic carbocycles. The molecule has 23 nitrogen and oxygen atoms in total. The minimum atomic E-state index is -5.60. The van der Waals surface area contributed by atoms with Crippen molar-refractivity contribution >= 4 is 85.7 Å². The van der Waals surface area contributed by atoms with E-state index in [1.54, 1.807) is 0 Å². The number of carboxylic acid groups (broad SMARTS) is 2. The van der Waals surface area contributed by atoms with Crippen LogP contribution in [-0.4, -0.2) is 121 Å². The van der Waals surface area contributed by atoms with Gasteiger partial charge in [-0.1, -0.05) is 43.5 Å². The Morgan fingerprint density at radius 1 is 0.883 bits per heavy atom. The third-order valence-electron chi connectivity index (χ3n) is 15.2. The number of phosphoric acid groups is 1. The second-order valence-corrected chi connectivity index (χ2v) is 29.6. The standard InChI is InChI=1S/C57H54ClF10N8O15PS2/c1-26-14-28(19-40(77)71-38(52(82)83)22-43(80)81)46(39(15-26)91-92(84,85)86)53(2,3)23-42(79)76(94(7,89)90)51-45-36(58)11-10-33(48(45)75(73-51)25-55(61,62)63)32-9-8-31(12-13-54(4,5)93(6,87)88)69-47(32)37(18-27-16-29(59)20-30(60)17-27)70-41(78)24-74-50-44(49(72-74)57(66,67)68)34-21-35(34)56(50,64)65/h8-11,14-17,20,34-35,37-38H,18-19,21-25H2,1-7H3,(H,70,78)(H,71,77)(H,80,81)(H,82,83)(H2,84,85,86)/t34-,35?,37-,38-/m0/s1. The van der Waals surface area contributed by atoms with Crippen LogP contribution >= 0.6 is 19.4 Å². The maximum atomic E-state index is 15.8. The van der Waals surface area contributed by atoms with Crippen LogP contribution in [-0.2, 0) is 91.8 Å². The highest BCUT2D eigenvalue weighted by atomic mass is 35.5. The highest BCUT2D eigenvalue weighted by Gasteiger charge is 2.68. The molecule has 0 radical (unpaired) electrons. The molecule has 4 atom stereocenters. The number of sulfonamides is 1. The van der Waals surface area contributed by atoms with E-state index in [0.717, 1.165) is 62.6 Å². The van der Waals surface area contributed by atoms with E-state index in [2.05, 4.69) is 32.3 Å². The molecule has 0 bridgehead atoms. The van der Waals surface area contributed by atoms with Crippen molar-refractivity contribution in [1.82, 2.24) is 35.2 Å².